The van der Waals surface area contributed by atoms with Gasteiger partial charge in [-0.2, -0.15) is 4.98 Å². The smallest absolute Gasteiger partial charge is 0.249 e. The van der Waals surface area contributed by atoms with Crippen LogP contribution in [0.4, 0.5) is 5.95 Å². The third-order valence-corrected chi connectivity index (χ3v) is 5.67. The molecule has 1 aromatic carbocycles. The fraction of sp³-hybridized carbons (Fsp3) is 0.409. The van der Waals surface area contributed by atoms with Crippen LogP contribution in [0.25, 0.3) is 16.8 Å². The minimum absolute atomic E-state index is 0.0273. The van der Waals surface area contributed by atoms with Gasteiger partial charge in [-0.1, -0.05) is 30.7 Å². The van der Waals surface area contributed by atoms with Crippen molar-refractivity contribution in [3.8, 4) is 11.1 Å². The van der Waals surface area contributed by atoms with Crippen molar-refractivity contribution >= 4 is 17.5 Å². The van der Waals surface area contributed by atoms with E-state index in [1.54, 1.807) is 4.52 Å². The van der Waals surface area contributed by atoms with Gasteiger partial charge in [0.05, 0.1) is 0 Å². The lowest BCUT2D eigenvalue weighted by Gasteiger charge is -2.26. The number of hydrogen-bond acceptors (Lipinski definition) is 4. The van der Waals surface area contributed by atoms with E-state index in [0.717, 1.165) is 36.2 Å². The molecular formula is C22H25N5O. The van der Waals surface area contributed by atoms with Crippen molar-refractivity contribution in [1.82, 2.24) is 19.5 Å². The highest BCUT2D eigenvalue weighted by molar-refractivity contribution is 5.93. The molecule has 2 fully saturated rings. The van der Waals surface area contributed by atoms with Gasteiger partial charge in [0.25, 0.3) is 0 Å². The summed E-state index contributed by atoms with van der Waals surface area (Å²) in [5.74, 6) is 0.545. The van der Waals surface area contributed by atoms with Crippen molar-refractivity contribution in [3.05, 3.63) is 48.2 Å². The topological polar surface area (TPSA) is 62.5 Å². The summed E-state index contributed by atoms with van der Waals surface area (Å²) in [6, 6.07) is 12.7. The Hall–Kier alpha value is -2.73. The van der Waals surface area contributed by atoms with Gasteiger partial charge in [-0.3, -0.25) is 15.0 Å². The van der Waals surface area contributed by atoms with Crippen LogP contribution in [0.2, 0.25) is 0 Å². The molecule has 0 atom stereocenters. The maximum Gasteiger partial charge on any atom is 0.249 e. The fourth-order valence-corrected chi connectivity index (χ4v) is 3.91. The number of anilines is 1. The second-order valence-corrected chi connectivity index (χ2v) is 7.92. The molecule has 0 spiro atoms. The van der Waals surface area contributed by atoms with Crippen molar-refractivity contribution in [2.45, 2.75) is 38.6 Å². The summed E-state index contributed by atoms with van der Waals surface area (Å²) in [4.78, 5) is 19.1. The zero-order valence-electron chi connectivity index (χ0n) is 16.0. The molecule has 2 aromatic heterocycles. The Morgan fingerprint density at radius 3 is 2.61 bits per heavy atom. The predicted octanol–water partition coefficient (Wildman–Crippen LogP) is 3.73. The highest BCUT2D eigenvalue weighted by Gasteiger charge is 2.30. The molecule has 1 aliphatic heterocycles. The number of fused-ring (bicyclic) bond motifs is 1. The van der Waals surface area contributed by atoms with Gasteiger partial charge in [-0.15, -0.1) is 5.10 Å². The van der Waals surface area contributed by atoms with Crippen LogP contribution in [0.15, 0.2) is 42.6 Å². The summed E-state index contributed by atoms with van der Waals surface area (Å²) in [6.45, 7) is 3.43. The molecule has 0 radical (unpaired) electrons. The molecule has 5 rings (SSSR count). The fourth-order valence-electron chi connectivity index (χ4n) is 3.91. The van der Waals surface area contributed by atoms with Gasteiger partial charge in [-0.25, -0.2) is 4.52 Å². The number of nitrogens with zero attached hydrogens (tertiary/aromatic N) is 4. The van der Waals surface area contributed by atoms with E-state index in [9.17, 15) is 4.79 Å². The Morgan fingerprint density at radius 2 is 1.86 bits per heavy atom. The molecular weight excluding hydrogens is 350 g/mol. The van der Waals surface area contributed by atoms with Gasteiger partial charge >= 0.3 is 0 Å². The average molecular weight is 375 g/mol. The number of carbonyl (C=O) groups is 1. The van der Waals surface area contributed by atoms with E-state index in [2.05, 4.69) is 50.6 Å². The number of hydrogen-bond donors (Lipinski definition) is 1. The number of amides is 1. The van der Waals surface area contributed by atoms with Crippen LogP contribution in [0, 0.1) is 5.92 Å². The summed E-state index contributed by atoms with van der Waals surface area (Å²) < 4.78 is 1.74. The summed E-state index contributed by atoms with van der Waals surface area (Å²) in [5.41, 5.74) is 4.24. The third-order valence-electron chi connectivity index (χ3n) is 5.67. The van der Waals surface area contributed by atoms with E-state index in [-0.39, 0.29) is 11.8 Å². The zero-order valence-corrected chi connectivity index (χ0v) is 16.0. The van der Waals surface area contributed by atoms with Crippen LogP contribution < -0.4 is 5.32 Å². The highest BCUT2D eigenvalue weighted by Crippen LogP contribution is 2.30. The van der Waals surface area contributed by atoms with Crippen molar-refractivity contribution in [1.29, 1.82) is 0 Å². The predicted molar refractivity (Wildman–Crippen MR) is 109 cm³/mol. The SMILES string of the molecule is O=C(Nc1nc2c(-c3ccc(CN4CCCCC4)cc3)cccn2n1)C1CC1. The highest BCUT2D eigenvalue weighted by atomic mass is 16.2. The van der Waals surface area contributed by atoms with Crippen LogP contribution >= 0.6 is 0 Å². The summed E-state index contributed by atoms with van der Waals surface area (Å²) in [6.07, 6.45) is 7.78. The maximum absolute atomic E-state index is 12.0. The number of carbonyl (C=O) groups excluding carboxylic acids is 1. The number of rotatable bonds is 5. The largest absolute Gasteiger partial charge is 0.299 e. The van der Waals surface area contributed by atoms with E-state index in [1.165, 1.54) is 37.9 Å². The van der Waals surface area contributed by atoms with Crippen molar-refractivity contribution in [2.75, 3.05) is 18.4 Å². The number of likely N-dealkylation sites (tertiary alicyclic amines) is 1. The Labute approximate surface area is 164 Å². The molecule has 1 saturated carbocycles. The molecule has 1 saturated heterocycles. The molecule has 6 nitrogen and oxygen atoms in total. The molecule has 3 heterocycles. The summed E-state index contributed by atoms with van der Waals surface area (Å²) >= 11 is 0. The lowest BCUT2D eigenvalue weighted by molar-refractivity contribution is -0.117. The Bertz CT molecular complexity index is 984. The molecule has 1 aliphatic carbocycles. The third kappa shape index (κ3) is 3.64. The molecule has 1 N–H and O–H groups in total. The first-order chi connectivity index (χ1) is 13.8. The zero-order chi connectivity index (χ0) is 18.9. The van der Waals surface area contributed by atoms with Gasteiger partial charge in [0.15, 0.2) is 5.65 Å². The minimum atomic E-state index is 0.0273. The summed E-state index contributed by atoms with van der Waals surface area (Å²) in [7, 11) is 0. The van der Waals surface area contributed by atoms with E-state index in [4.69, 9.17) is 0 Å². The molecule has 2 aliphatic rings. The molecule has 6 heteroatoms. The quantitative estimate of drug-likeness (QED) is 0.738. The Morgan fingerprint density at radius 1 is 1.07 bits per heavy atom. The van der Waals surface area contributed by atoms with Gasteiger partial charge in [0, 0.05) is 24.2 Å². The molecule has 144 valence electrons. The molecule has 0 unspecified atom stereocenters. The number of benzene rings is 1. The van der Waals surface area contributed by atoms with Crippen LogP contribution in [-0.2, 0) is 11.3 Å². The molecule has 3 aromatic rings. The monoisotopic (exact) mass is 375 g/mol. The van der Waals surface area contributed by atoms with Gasteiger partial charge in [0.2, 0.25) is 11.9 Å². The average Bonchev–Trinajstić information content (AvgIpc) is 3.49. The van der Waals surface area contributed by atoms with E-state index in [0.29, 0.717) is 5.95 Å². The van der Waals surface area contributed by atoms with E-state index < -0.39 is 0 Å². The van der Waals surface area contributed by atoms with Crippen LogP contribution in [-0.4, -0.2) is 38.5 Å². The van der Waals surface area contributed by atoms with Crippen molar-refractivity contribution in [2.24, 2.45) is 5.92 Å². The Balaban J connectivity index is 1.37. The second-order valence-electron chi connectivity index (χ2n) is 7.92. The van der Waals surface area contributed by atoms with Crippen LogP contribution in [0.3, 0.4) is 0 Å². The van der Waals surface area contributed by atoms with Gasteiger partial charge in [-0.05, 0) is 62.0 Å². The first-order valence-electron chi connectivity index (χ1n) is 10.2. The summed E-state index contributed by atoms with van der Waals surface area (Å²) in [5, 5.41) is 7.25. The maximum atomic E-state index is 12.0. The first-order valence-corrected chi connectivity index (χ1v) is 10.2. The first kappa shape index (κ1) is 17.4. The lowest BCUT2D eigenvalue weighted by atomic mass is 10.0. The number of pyridine rings is 1. The minimum Gasteiger partial charge on any atom is -0.299 e. The number of nitrogens with one attached hydrogen (secondary N) is 1. The molecule has 0 bridgehead atoms. The van der Waals surface area contributed by atoms with Crippen molar-refractivity contribution in [3.63, 3.8) is 0 Å². The molecule has 28 heavy (non-hydrogen) atoms. The normalized spacial score (nSPS) is 17.7. The lowest BCUT2D eigenvalue weighted by Crippen LogP contribution is -2.28. The molecule has 1 amide bonds. The number of aromatic nitrogens is 3. The number of piperidine rings is 1. The standard InChI is InChI=1S/C22H25N5O/c28-21(18-10-11-18)24-22-23-20-19(5-4-14-27(20)25-22)17-8-6-16(7-9-17)15-26-12-2-1-3-13-26/h4-9,14,18H,1-3,10-13,15H2,(H,24,25,28). The van der Waals surface area contributed by atoms with Gasteiger partial charge in [0.1, 0.15) is 0 Å². The Kier molecular flexibility index (Phi) is 4.56. The van der Waals surface area contributed by atoms with E-state index >= 15 is 0 Å². The van der Waals surface area contributed by atoms with Crippen LogP contribution in [0.5, 0.6) is 0 Å². The van der Waals surface area contributed by atoms with Crippen LogP contribution in [0.1, 0.15) is 37.7 Å². The second kappa shape index (κ2) is 7.36. The van der Waals surface area contributed by atoms with E-state index in [1.807, 2.05) is 12.3 Å². The van der Waals surface area contributed by atoms with Gasteiger partial charge < -0.3 is 0 Å². The van der Waals surface area contributed by atoms with Crippen molar-refractivity contribution < 1.29 is 4.79 Å².